The summed E-state index contributed by atoms with van der Waals surface area (Å²) in [5, 5.41) is 8.72. The highest BCUT2D eigenvalue weighted by Gasteiger charge is 2.00. The van der Waals surface area contributed by atoms with E-state index in [1.54, 1.807) is 43.7 Å². The number of ether oxygens (including phenoxy) is 1. The lowest BCUT2D eigenvalue weighted by Gasteiger charge is -2.04. The molecular weight excluding hydrogens is 238 g/mol. The fraction of sp³-hybridized carbons (Fsp3) is 0.0667. The van der Waals surface area contributed by atoms with Crippen molar-refractivity contribution in [2.24, 2.45) is 4.99 Å². The van der Waals surface area contributed by atoms with Crippen molar-refractivity contribution < 1.29 is 4.74 Å². The van der Waals surface area contributed by atoms with Gasteiger partial charge < -0.3 is 10.5 Å². The third-order valence-electron chi connectivity index (χ3n) is 2.60. The van der Waals surface area contributed by atoms with Gasteiger partial charge in [-0.2, -0.15) is 5.26 Å². The van der Waals surface area contributed by atoms with Crippen LogP contribution in [0.15, 0.2) is 47.5 Å². The van der Waals surface area contributed by atoms with Crippen molar-refractivity contribution in [1.29, 1.82) is 5.26 Å². The number of hydrogen-bond donors (Lipinski definition) is 1. The molecule has 0 saturated heterocycles. The van der Waals surface area contributed by atoms with Gasteiger partial charge in [0.15, 0.2) is 0 Å². The topological polar surface area (TPSA) is 71.4 Å². The first-order valence-electron chi connectivity index (χ1n) is 5.70. The van der Waals surface area contributed by atoms with E-state index in [0.717, 1.165) is 5.56 Å². The van der Waals surface area contributed by atoms with Crippen molar-refractivity contribution >= 4 is 17.6 Å². The number of anilines is 1. The molecule has 0 aromatic heterocycles. The number of nitrogen functional groups attached to an aromatic ring is 1. The van der Waals surface area contributed by atoms with E-state index in [4.69, 9.17) is 15.7 Å². The number of nitrogens with two attached hydrogens (primary N) is 1. The van der Waals surface area contributed by atoms with Gasteiger partial charge in [-0.3, -0.25) is 4.99 Å². The van der Waals surface area contributed by atoms with Crippen LogP contribution < -0.4 is 10.5 Å². The Kier molecular flexibility index (Phi) is 3.79. The van der Waals surface area contributed by atoms with Crippen LogP contribution in [-0.2, 0) is 0 Å². The molecule has 94 valence electrons. The highest BCUT2D eigenvalue weighted by molar-refractivity contribution is 5.83. The van der Waals surface area contributed by atoms with E-state index in [1.165, 1.54) is 0 Å². The standard InChI is InChI=1S/C15H13N3O/c1-19-15-7-6-13(17)8-14(15)18-10-12-4-2-11(9-16)3-5-12/h2-8,10H,17H2,1H3. The second-order valence-corrected chi connectivity index (χ2v) is 3.92. The number of nitriles is 1. The summed E-state index contributed by atoms with van der Waals surface area (Å²) in [7, 11) is 1.59. The van der Waals surface area contributed by atoms with Crippen LogP contribution in [0.4, 0.5) is 11.4 Å². The van der Waals surface area contributed by atoms with E-state index in [2.05, 4.69) is 11.1 Å². The zero-order valence-corrected chi connectivity index (χ0v) is 10.5. The van der Waals surface area contributed by atoms with Gasteiger partial charge in [-0.15, -0.1) is 0 Å². The molecule has 0 saturated carbocycles. The van der Waals surface area contributed by atoms with Gasteiger partial charge in [0.25, 0.3) is 0 Å². The molecule has 2 rings (SSSR count). The van der Waals surface area contributed by atoms with Gasteiger partial charge in [-0.25, -0.2) is 0 Å². The maximum absolute atomic E-state index is 8.72. The molecule has 0 amide bonds. The molecule has 0 atom stereocenters. The van der Waals surface area contributed by atoms with Crippen LogP contribution in [0.3, 0.4) is 0 Å². The van der Waals surface area contributed by atoms with Gasteiger partial charge in [0.05, 0.1) is 18.7 Å². The maximum atomic E-state index is 8.72. The van der Waals surface area contributed by atoms with Crippen LogP contribution in [-0.4, -0.2) is 13.3 Å². The Hall–Kier alpha value is -2.80. The van der Waals surface area contributed by atoms with E-state index < -0.39 is 0 Å². The van der Waals surface area contributed by atoms with E-state index in [0.29, 0.717) is 22.7 Å². The highest BCUT2D eigenvalue weighted by Crippen LogP contribution is 2.29. The van der Waals surface area contributed by atoms with Crippen LogP contribution >= 0.6 is 0 Å². The summed E-state index contributed by atoms with van der Waals surface area (Å²) in [4.78, 5) is 4.35. The largest absolute Gasteiger partial charge is 0.494 e. The molecule has 4 nitrogen and oxygen atoms in total. The van der Waals surface area contributed by atoms with Crippen LogP contribution in [0, 0.1) is 11.3 Å². The molecule has 19 heavy (non-hydrogen) atoms. The Morgan fingerprint density at radius 2 is 1.95 bits per heavy atom. The Morgan fingerprint density at radius 3 is 2.58 bits per heavy atom. The summed E-state index contributed by atoms with van der Waals surface area (Å²) < 4.78 is 5.21. The van der Waals surface area contributed by atoms with E-state index in [9.17, 15) is 0 Å². The Balaban J connectivity index is 2.26. The van der Waals surface area contributed by atoms with Gasteiger partial charge in [0.2, 0.25) is 0 Å². The average Bonchev–Trinajstić information content (AvgIpc) is 2.46. The molecule has 0 unspecified atom stereocenters. The molecule has 0 aliphatic heterocycles. The number of rotatable bonds is 3. The predicted molar refractivity (Wildman–Crippen MR) is 75.8 cm³/mol. The molecule has 0 radical (unpaired) electrons. The van der Waals surface area contributed by atoms with Crippen molar-refractivity contribution in [3.8, 4) is 11.8 Å². The van der Waals surface area contributed by atoms with Crippen LogP contribution in [0.5, 0.6) is 5.75 Å². The lowest BCUT2D eigenvalue weighted by Crippen LogP contribution is -1.88. The molecular formula is C15H13N3O. The molecule has 0 aliphatic carbocycles. The smallest absolute Gasteiger partial charge is 0.144 e. The lowest BCUT2D eigenvalue weighted by molar-refractivity contribution is 0.416. The number of methoxy groups -OCH3 is 1. The molecule has 0 spiro atoms. The number of aliphatic imine (C=N–C) groups is 1. The first-order chi connectivity index (χ1) is 9.22. The normalized spacial score (nSPS) is 10.3. The highest BCUT2D eigenvalue weighted by atomic mass is 16.5. The van der Waals surface area contributed by atoms with Crippen molar-refractivity contribution in [3.05, 3.63) is 53.6 Å². The minimum absolute atomic E-state index is 0.624. The second kappa shape index (κ2) is 5.69. The van der Waals surface area contributed by atoms with Crippen molar-refractivity contribution in [3.63, 3.8) is 0 Å². The third-order valence-corrected chi connectivity index (χ3v) is 2.60. The number of hydrogen-bond acceptors (Lipinski definition) is 4. The van der Waals surface area contributed by atoms with Crippen molar-refractivity contribution in [2.45, 2.75) is 0 Å². The summed E-state index contributed by atoms with van der Waals surface area (Å²) in [6.45, 7) is 0. The summed E-state index contributed by atoms with van der Waals surface area (Å²) in [5.74, 6) is 0.666. The van der Waals surface area contributed by atoms with Crippen LogP contribution in [0.1, 0.15) is 11.1 Å². The predicted octanol–water partition coefficient (Wildman–Crippen LogP) is 2.90. The average molecular weight is 251 g/mol. The van der Waals surface area contributed by atoms with E-state index in [-0.39, 0.29) is 0 Å². The Labute approximate surface area is 111 Å². The second-order valence-electron chi connectivity index (χ2n) is 3.92. The monoisotopic (exact) mass is 251 g/mol. The third kappa shape index (κ3) is 3.11. The van der Waals surface area contributed by atoms with Gasteiger partial charge >= 0.3 is 0 Å². The fourth-order valence-corrected chi connectivity index (χ4v) is 1.60. The van der Waals surface area contributed by atoms with Gasteiger partial charge in [-0.05, 0) is 35.9 Å². The first-order valence-corrected chi connectivity index (χ1v) is 5.70. The molecule has 0 fully saturated rings. The Morgan fingerprint density at radius 1 is 1.21 bits per heavy atom. The van der Waals surface area contributed by atoms with Crippen LogP contribution in [0.25, 0.3) is 0 Å². The molecule has 2 aromatic rings. The summed E-state index contributed by atoms with van der Waals surface area (Å²) in [6, 6.07) is 14.5. The fourth-order valence-electron chi connectivity index (χ4n) is 1.60. The zero-order chi connectivity index (χ0) is 13.7. The maximum Gasteiger partial charge on any atom is 0.144 e. The first kappa shape index (κ1) is 12.7. The molecule has 2 aromatic carbocycles. The molecule has 4 heteroatoms. The minimum Gasteiger partial charge on any atom is -0.494 e. The van der Waals surface area contributed by atoms with Gasteiger partial charge in [0.1, 0.15) is 11.4 Å². The number of nitrogens with zero attached hydrogens (tertiary/aromatic N) is 2. The lowest BCUT2D eigenvalue weighted by atomic mass is 10.2. The minimum atomic E-state index is 0.624. The van der Waals surface area contributed by atoms with E-state index >= 15 is 0 Å². The summed E-state index contributed by atoms with van der Waals surface area (Å²) in [6.07, 6.45) is 1.71. The quantitative estimate of drug-likeness (QED) is 0.673. The number of benzene rings is 2. The van der Waals surface area contributed by atoms with Crippen molar-refractivity contribution in [1.82, 2.24) is 0 Å². The van der Waals surface area contributed by atoms with Crippen LogP contribution in [0.2, 0.25) is 0 Å². The molecule has 2 N–H and O–H groups in total. The molecule has 0 aliphatic rings. The molecule has 0 bridgehead atoms. The zero-order valence-electron chi connectivity index (χ0n) is 10.5. The van der Waals surface area contributed by atoms with Crippen molar-refractivity contribution in [2.75, 3.05) is 12.8 Å². The summed E-state index contributed by atoms with van der Waals surface area (Å²) >= 11 is 0. The SMILES string of the molecule is COc1ccc(N)cc1N=Cc1ccc(C#N)cc1. The molecule has 0 heterocycles. The van der Waals surface area contributed by atoms with Gasteiger partial charge in [-0.1, -0.05) is 12.1 Å². The summed E-state index contributed by atoms with van der Waals surface area (Å²) in [5.41, 5.74) is 8.56. The van der Waals surface area contributed by atoms with E-state index in [1.807, 2.05) is 12.1 Å². The Bertz CT molecular complexity index is 639. The van der Waals surface area contributed by atoms with Gasteiger partial charge in [0, 0.05) is 11.9 Å².